The lowest BCUT2D eigenvalue weighted by molar-refractivity contribution is 0.795. The average molecular weight is 547 g/mol. The van der Waals surface area contributed by atoms with Crippen LogP contribution in [0, 0.1) is 0 Å². The standard InChI is InChI=1S/C38H34N4/c1-25(2)32-22-39-23-33(26(3)4)37(32)42-36(27-12-6-5-7-13-27)24-40-38(42)28-18-20-29(21-19-28)41-34-16-10-8-14-30(34)31-15-9-11-17-35(31)41/h5-26H,1-4H3. The van der Waals surface area contributed by atoms with Crippen LogP contribution in [0.4, 0.5) is 0 Å². The molecule has 3 heterocycles. The Hall–Kier alpha value is -4.96. The van der Waals surface area contributed by atoms with E-state index in [1.807, 2.05) is 18.6 Å². The maximum Gasteiger partial charge on any atom is 0.145 e. The van der Waals surface area contributed by atoms with Crippen LogP contribution in [0.2, 0.25) is 0 Å². The molecule has 42 heavy (non-hydrogen) atoms. The minimum Gasteiger partial charge on any atom is -0.309 e. The summed E-state index contributed by atoms with van der Waals surface area (Å²) >= 11 is 0. The number of nitrogens with zero attached hydrogens (tertiary/aromatic N) is 4. The van der Waals surface area contributed by atoms with E-state index in [1.54, 1.807) is 0 Å². The molecular weight excluding hydrogens is 512 g/mol. The summed E-state index contributed by atoms with van der Waals surface area (Å²) in [7, 11) is 0. The molecule has 0 saturated heterocycles. The molecule has 7 aromatic rings. The second-order valence-electron chi connectivity index (χ2n) is 11.6. The van der Waals surface area contributed by atoms with E-state index in [2.05, 4.69) is 145 Å². The first-order chi connectivity index (χ1) is 20.5. The lowest BCUT2D eigenvalue weighted by Gasteiger charge is -2.23. The largest absolute Gasteiger partial charge is 0.309 e. The molecule has 4 heteroatoms. The first kappa shape index (κ1) is 26.0. The third-order valence-electron chi connectivity index (χ3n) is 8.24. The van der Waals surface area contributed by atoms with Crippen LogP contribution in [0.3, 0.4) is 0 Å². The van der Waals surface area contributed by atoms with Crippen molar-refractivity contribution >= 4 is 21.8 Å². The predicted molar refractivity (Wildman–Crippen MR) is 175 cm³/mol. The Morgan fingerprint density at radius 1 is 0.524 bits per heavy atom. The number of rotatable bonds is 6. The van der Waals surface area contributed by atoms with Crippen molar-refractivity contribution < 1.29 is 0 Å². The summed E-state index contributed by atoms with van der Waals surface area (Å²) in [5.41, 5.74) is 10.5. The molecule has 206 valence electrons. The molecule has 0 bridgehead atoms. The molecule has 3 aromatic heterocycles. The molecule has 0 atom stereocenters. The number of hydrogen-bond acceptors (Lipinski definition) is 2. The molecular formula is C38H34N4. The Labute approximate surface area is 246 Å². The summed E-state index contributed by atoms with van der Waals surface area (Å²) < 4.78 is 4.71. The fraction of sp³-hybridized carbons (Fsp3) is 0.158. The summed E-state index contributed by atoms with van der Waals surface area (Å²) in [4.78, 5) is 9.72. The Balaban J connectivity index is 1.44. The van der Waals surface area contributed by atoms with Gasteiger partial charge in [0.1, 0.15) is 5.82 Å². The van der Waals surface area contributed by atoms with Crippen LogP contribution in [-0.2, 0) is 0 Å². The number of para-hydroxylation sites is 2. The van der Waals surface area contributed by atoms with E-state index in [1.165, 1.54) is 38.6 Å². The topological polar surface area (TPSA) is 35.6 Å². The molecule has 0 radical (unpaired) electrons. The molecule has 0 aliphatic heterocycles. The second kappa shape index (κ2) is 10.5. The van der Waals surface area contributed by atoms with Crippen molar-refractivity contribution in [2.24, 2.45) is 0 Å². The van der Waals surface area contributed by atoms with Crippen LogP contribution in [0.1, 0.15) is 50.7 Å². The molecule has 0 unspecified atom stereocenters. The van der Waals surface area contributed by atoms with E-state index in [-0.39, 0.29) is 0 Å². The van der Waals surface area contributed by atoms with Gasteiger partial charge in [-0.05, 0) is 59.4 Å². The Kier molecular flexibility index (Phi) is 6.47. The van der Waals surface area contributed by atoms with Crippen LogP contribution in [0.25, 0.3) is 55.8 Å². The van der Waals surface area contributed by atoms with Crippen LogP contribution in [-0.4, -0.2) is 19.1 Å². The quantitative estimate of drug-likeness (QED) is 0.208. The summed E-state index contributed by atoms with van der Waals surface area (Å²) in [5.74, 6) is 1.54. The third kappa shape index (κ3) is 4.22. The summed E-state index contributed by atoms with van der Waals surface area (Å²) in [6.07, 6.45) is 6.06. The molecule has 7 rings (SSSR count). The van der Waals surface area contributed by atoms with Gasteiger partial charge >= 0.3 is 0 Å². The minimum absolute atomic E-state index is 0.308. The van der Waals surface area contributed by atoms with Crippen molar-refractivity contribution in [3.8, 4) is 34.0 Å². The fourth-order valence-corrected chi connectivity index (χ4v) is 6.14. The van der Waals surface area contributed by atoms with Gasteiger partial charge in [-0.25, -0.2) is 4.98 Å². The van der Waals surface area contributed by atoms with E-state index in [0.29, 0.717) is 11.8 Å². The van der Waals surface area contributed by atoms with Crippen LogP contribution >= 0.6 is 0 Å². The third-order valence-corrected chi connectivity index (χ3v) is 8.24. The van der Waals surface area contributed by atoms with Gasteiger partial charge in [0, 0.05) is 40.0 Å². The molecule has 4 nitrogen and oxygen atoms in total. The summed E-state index contributed by atoms with van der Waals surface area (Å²) in [6.45, 7) is 8.96. The highest BCUT2D eigenvalue weighted by Crippen LogP contribution is 2.38. The maximum absolute atomic E-state index is 5.07. The summed E-state index contributed by atoms with van der Waals surface area (Å²) in [5, 5.41) is 2.53. The number of aromatic nitrogens is 4. The highest BCUT2D eigenvalue weighted by molar-refractivity contribution is 6.09. The van der Waals surface area contributed by atoms with Gasteiger partial charge in [0.15, 0.2) is 0 Å². The zero-order chi connectivity index (χ0) is 28.8. The predicted octanol–water partition coefficient (Wildman–Crippen LogP) is 9.95. The van der Waals surface area contributed by atoms with E-state index in [0.717, 1.165) is 28.3 Å². The van der Waals surface area contributed by atoms with Crippen LogP contribution in [0.15, 0.2) is 122 Å². The number of benzene rings is 4. The SMILES string of the molecule is CC(C)c1cncc(C(C)C)c1-n1c(-c2ccccc2)cnc1-c1ccc(-n2c3ccccc3c3ccccc32)cc1. The van der Waals surface area contributed by atoms with Gasteiger partial charge in [-0.3, -0.25) is 9.55 Å². The highest BCUT2D eigenvalue weighted by Gasteiger charge is 2.23. The Morgan fingerprint density at radius 2 is 1.07 bits per heavy atom. The Bertz CT molecular complexity index is 1950. The molecule has 0 aliphatic rings. The lowest BCUT2D eigenvalue weighted by atomic mass is 9.94. The van der Waals surface area contributed by atoms with Gasteiger partial charge in [-0.2, -0.15) is 0 Å². The fourth-order valence-electron chi connectivity index (χ4n) is 6.14. The monoisotopic (exact) mass is 546 g/mol. The lowest BCUT2D eigenvalue weighted by Crippen LogP contribution is -2.10. The van der Waals surface area contributed by atoms with Crippen LogP contribution < -0.4 is 0 Å². The van der Waals surface area contributed by atoms with Crippen molar-refractivity contribution in [1.82, 2.24) is 19.1 Å². The zero-order valence-electron chi connectivity index (χ0n) is 24.5. The Morgan fingerprint density at radius 3 is 1.64 bits per heavy atom. The molecule has 0 spiro atoms. The molecule has 0 saturated carbocycles. The molecule has 4 aromatic carbocycles. The minimum atomic E-state index is 0.308. The van der Waals surface area contributed by atoms with Gasteiger partial charge in [-0.1, -0.05) is 94.4 Å². The zero-order valence-corrected chi connectivity index (χ0v) is 24.5. The van der Waals surface area contributed by atoms with E-state index in [4.69, 9.17) is 4.98 Å². The number of pyridine rings is 1. The summed E-state index contributed by atoms with van der Waals surface area (Å²) in [6, 6.07) is 36.7. The van der Waals surface area contributed by atoms with E-state index in [9.17, 15) is 0 Å². The van der Waals surface area contributed by atoms with Gasteiger partial charge < -0.3 is 4.57 Å². The smallest absolute Gasteiger partial charge is 0.145 e. The maximum atomic E-state index is 5.07. The van der Waals surface area contributed by atoms with Gasteiger partial charge in [0.05, 0.1) is 28.6 Å². The molecule has 0 fully saturated rings. The van der Waals surface area contributed by atoms with E-state index >= 15 is 0 Å². The van der Waals surface area contributed by atoms with Crippen molar-refractivity contribution in [1.29, 1.82) is 0 Å². The van der Waals surface area contributed by atoms with Gasteiger partial charge in [0.25, 0.3) is 0 Å². The number of hydrogen-bond donors (Lipinski definition) is 0. The number of imidazole rings is 1. The van der Waals surface area contributed by atoms with Crippen molar-refractivity contribution in [3.05, 3.63) is 133 Å². The van der Waals surface area contributed by atoms with Gasteiger partial charge in [0.2, 0.25) is 0 Å². The van der Waals surface area contributed by atoms with Crippen molar-refractivity contribution in [3.63, 3.8) is 0 Å². The molecule has 0 aliphatic carbocycles. The molecule has 0 N–H and O–H groups in total. The van der Waals surface area contributed by atoms with E-state index < -0.39 is 0 Å². The average Bonchev–Trinajstić information content (AvgIpc) is 3.61. The normalized spacial score (nSPS) is 11.8. The van der Waals surface area contributed by atoms with Gasteiger partial charge in [-0.15, -0.1) is 0 Å². The van der Waals surface area contributed by atoms with Crippen molar-refractivity contribution in [2.75, 3.05) is 0 Å². The highest BCUT2D eigenvalue weighted by atomic mass is 15.1. The van der Waals surface area contributed by atoms with Crippen LogP contribution in [0.5, 0.6) is 0 Å². The molecule has 0 amide bonds. The first-order valence-corrected chi connectivity index (χ1v) is 14.7. The number of fused-ring (bicyclic) bond motifs is 3. The second-order valence-corrected chi connectivity index (χ2v) is 11.6. The van der Waals surface area contributed by atoms with Crippen molar-refractivity contribution in [2.45, 2.75) is 39.5 Å². The first-order valence-electron chi connectivity index (χ1n) is 14.7.